The standard InChI is InChI=1S/2C18H37.Ni.H3O4P/c2*1-3-5-7-9-11-13-15-17-18-16-14-12-10-8-6-4-2;;1-5(2,3)4/h2*1,3-18H2,2H3;;(H3,1,2,3,4)/q2*-1;+2;. The van der Waals surface area contributed by atoms with Gasteiger partial charge in [0, 0.05) is 0 Å². The van der Waals surface area contributed by atoms with E-state index in [2.05, 4.69) is 27.7 Å². The Kier molecular flexibility index (Phi) is 54.2. The Morgan fingerprint density at radius 1 is 0.357 bits per heavy atom. The van der Waals surface area contributed by atoms with E-state index in [9.17, 15) is 0 Å². The summed E-state index contributed by atoms with van der Waals surface area (Å²) in [6.07, 6.45) is 45.6. The van der Waals surface area contributed by atoms with Gasteiger partial charge in [0.25, 0.3) is 0 Å². The molecule has 0 aliphatic heterocycles. The van der Waals surface area contributed by atoms with Crippen molar-refractivity contribution in [3.05, 3.63) is 13.8 Å². The van der Waals surface area contributed by atoms with Gasteiger partial charge >= 0.3 is 24.3 Å². The molecule has 0 atom stereocenters. The van der Waals surface area contributed by atoms with E-state index in [1.165, 1.54) is 193 Å². The number of hydrogen-bond donors (Lipinski definition) is 3. The zero-order valence-corrected chi connectivity index (χ0v) is 30.4. The van der Waals surface area contributed by atoms with Gasteiger partial charge in [-0.1, -0.05) is 206 Å². The fourth-order valence-corrected chi connectivity index (χ4v) is 5.10. The van der Waals surface area contributed by atoms with Gasteiger partial charge in [-0.3, -0.25) is 0 Å². The topological polar surface area (TPSA) is 77.8 Å². The number of phosphoric acid groups is 1. The summed E-state index contributed by atoms with van der Waals surface area (Å²) in [5, 5.41) is 0. The summed E-state index contributed by atoms with van der Waals surface area (Å²) in [6.45, 7) is 12.4. The van der Waals surface area contributed by atoms with E-state index in [4.69, 9.17) is 19.2 Å². The SMILES string of the molecule is O=P(O)(O)O.[CH2-]CCCCCCCCCCCCCCCCC.[CH2-]CCCCCCCCCCCCCCCCC.[Ni+2]. The number of hydrogen-bond acceptors (Lipinski definition) is 1. The maximum absolute atomic E-state index is 8.88. The molecule has 0 aromatic heterocycles. The Labute approximate surface area is 276 Å². The van der Waals surface area contributed by atoms with E-state index < -0.39 is 7.82 Å². The summed E-state index contributed by atoms with van der Waals surface area (Å²) < 4.78 is 8.88. The molecule has 0 saturated heterocycles. The van der Waals surface area contributed by atoms with Crippen molar-refractivity contribution >= 4 is 7.82 Å². The second-order valence-corrected chi connectivity index (χ2v) is 13.1. The largest absolute Gasteiger partial charge is 2.00 e. The number of rotatable bonds is 30. The monoisotopic (exact) mass is 662 g/mol. The van der Waals surface area contributed by atoms with E-state index in [0.717, 1.165) is 12.8 Å². The van der Waals surface area contributed by atoms with Crippen molar-refractivity contribution in [2.24, 2.45) is 0 Å². The molecule has 0 heterocycles. The van der Waals surface area contributed by atoms with Crippen LogP contribution in [-0.4, -0.2) is 14.7 Å². The maximum atomic E-state index is 8.88. The van der Waals surface area contributed by atoms with E-state index in [-0.39, 0.29) is 16.5 Å². The maximum Gasteiger partial charge on any atom is 2.00 e. The van der Waals surface area contributed by atoms with Crippen molar-refractivity contribution in [3.8, 4) is 0 Å². The van der Waals surface area contributed by atoms with Crippen molar-refractivity contribution in [1.29, 1.82) is 0 Å². The first-order chi connectivity index (χ1) is 19.8. The van der Waals surface area contributed by atoms with Gasteiger partial charge in [-0.05, 0) is 0 Å². The minimum Gasteiger partial charge on any atom is -0.343 e. The molecule has 0 amide bonds. The predicted molar refractivity (Wildman–Crippen MR) is 184 cm³/mol. The summed E-state index contributed by atoms with van der Waals surface area (Å²) in [6, 6.07) is 0. The first-order valence-electron chi connectivity index (χ1n) is 18.2. The van der Waals surface area contributed by atoms with Gasteiger partial charge in [-0.25, -0.2) is 4.57 Å². The van der Waals surface area contributed by atoms with Gasteiger partial charge in [-0.15, -0.1) is 0 Å². The summed E-state index contributed by atoms with van der Waals surface area (Å²) in [4.78, 5) is 21.6. The molecule has 0 aromatic rings. The van der Waals surface area contributed by atoms with Crippen LogP contribution >= 0.6 is 7.82 Å². The molecule has 0 aromatic carbocycles. The summed E-state index contributed by atoms with van der Waals surface area (Å²) in [7, 11) is -4.64. The van der Waals surface area contributed by atoms with Crippen LogP contribution in [0, 0.1) is 13.8 Å². The van der Waals surface area contributed by atoms with Crippen molar-refractivity contribution < 1.29 is 35.7 Å². The van der Waals surface area contributed by atoms with Crippen molar-refractivity contribution in [1.82, 2.24) is 0 Å². The van der Waals surface area contributed by atoms with Gasteiger partial charge in [0.2, 0.25) is 0 Å². The quantitative estimate of drug-likeness (QED) is 0.0309. The van der Waals surface area contributed by atoms with Gasteiger partial charge < -0.3 is 28.5 Å². The minimum absolute atomic E-state index is 0. The van der Waals surface area contributed by atoms with Crippen LogP contribution in [0.25, 0.3) is 0 Å². The van der Waals surface area contributed by atoms with E-state index in [0.29, 0.717) is 0 Å². The van der Waals surface area contributed by atoms with Crippen molar-refractivity contribution in [3.63, 3.8) is 0 Å². The average Bonchev–Trinajstić information content (AvgIpc) is 2.93. The van der Waals surface area contributed by atoms with Crippen LogP contribution in [0.15, 0.2) is 0 Å². The predicted octanol–water partition coefficient (Wildman–Crippen LogP) is 13.2. The third-order valence-electron chi connectivity index (χ3n) is 7.71. The summed E-state index contributed by atoms with van der Waals surface area (Å²) in [5.41, 5.74) is 0. The molecule has 0 radical (unpaired) electrons. The molecule has 0 aliphatic rings. The van der Waals surface area contributed by atoms with Crippen LogP contribution < -0.4 is 0 Å². The van der Waals surface area contributed by atoms with Gasteiger partial charge in [0.15, 0.2) is 0 Å². The Bertz CT molecular complexity index is 401. The molecule has 4 nitrogen and oxygen atoms in total. The van der Waals surface area contributed by atoms with Crippen molar-refractivity contribution in [2.75, 3.05) is 0 Å². The second kappa shape index (κ2) is 46.0. The minimum atomic E-state index is -4.64. The fraction of sp³-hybridized carbons (Fsp3) is 0.944. The van der Waals surface area contributed by atoms with E-state index >= 15 is 0 Å². The van der Waals surface area contributed by atoms with E-state index in [1.807, 2.05) is 0 Å². The molecule has 0 unspecified atom stereocenters. The molecule has 3 N–H and O–H groups in total. The molecule has 0 fully saturated rings. The average molecular weight is 664 g/mol. The third-order valence-corrected chi connectivity index (χ3v) is 7.71. The van der Waals surface area contributed by atoms with Crippen molar-refractivity contribution in [2.45, 2.75) is 219 Å². The molecule has 0 saturated carbocycles. The van der Waals surface area contributed by atoms with E-state index in [1.54, 1.807) is 0 Å². The Balaban J connectivity index is -0.000000290. The Morgan fingerprint density at radius 3 is 0.595 bits per heavy atom. The van der Waals surface area contributed by atoms with Crippen LogP contribution in [0.1, 0.15) is 219 Å². The van der Waals surface area contributed by atoms with Crippen LogP contribution in [0.3, 0.4) is 0 Å². The first kappa shape index (κ1) is 49.5. The molecular formula is C36H77NiO4P. The summed E-state index contributed by atoms with van der Waals surface area (Å²) >= 11 is 0. The normalized spacial score (nSPS) is 10.8. The first-order valence-corrected chi connectivity index (χ1v) is 19.8. The zero-order valence-electron chi connectivity index (χ0n) is 28.6. The smallest absolute Gasteiger partial charge is 0.343 e. The fourth-order valence-electron chi connectivity index (χ4n) is 5.10. The zero-order chi connectivity index (χ0) is 31.1. The Morgan fingerprint density at radius 2 is 0.476 bits per heavy atom. The molecule has 260 valence electrons. The van der Waals surface area contributed by atoms with Gasteiger partial charge in [-0.2, -0.15) is 12.8 Å². The molecule has 0 spiro atoms. The van der Waals surface area contributed by atoms with Crippen LogP contribution in [0.4, 0.5) is 0 Å². The Hall–Kier alpha value is 0.604. The second-order valence-electron chi connectivity index (χ2n) is 12.1. The van der Waals surface area contributed by atoms with Crippen LogP contribution in [0.2, 0.25) is 0 Å². The molecule has 6 heteroatoms. The molecular weight excluding hydrogens is 586 g/mol. The van der Waals surface area contributed by atoms with Crippen LogP contribution in [-0.2, 0) is 21.1 Å². The third kappa shape index (κ3) is 68.0. The van der Waals surface area contributed by atoms with Gasteiger partial charge in [0.1, 0.15) is 0 Å². The van der Waals surface area contributed by atoms with Gasteiger partial charge in [0.05, 0.1) is 0 Å². The summed E-state index contributed by atoms with van der Waals surface area (Å²) in [5.74, 6) is 0. The molecule has 0 aliphatic carbocycles. The molecule has 0 rings (SSSR count). The van der Waals surface area contributed by atoms with Crippen LogP contribution in [0.5, 0.6) is 0 Å². The number of unbranched alkanes of at least 4 members (excludes halogenated alkanes) is 30. The molecule has 0 bridgehead atoms. The molecule has 42 heavy (non-hydrogen) atoms.